The van der Waals surface area contributed by atoms with Gasteiger partial charge in [0.1, 0.15) is 0 Å². The molecule has 2 aliphatic rings. The van der Waals surface area contributed by atoms with Gasteiger partial charge in [-0.2, -0.15) is 0 Å². The van der Waals surface area contributed by atoms with Crippen molar-refractivity contribution in [2.45, 2.75) is 37.6 Å². The lowest BCUT2D eigenvalue weighted by Gasteiger charge is -2.35. The van der Waals surface area contributed by atoms with Gasteiger partial charge in [-0.05, 0) is 42.7 Å². The standard InChI is InChI=1S/C28H26ClNO3/c1-32-25-15-22-21-8-3-4-9-24(21)30-27(23(22)16-26(25)33-2)17-10-12-18(13-11-17)28(31)19-6-5-7-20(29)14-19/h5-7,10-16,21,24H,3-4,8-9H2,1-2H3. The quantitative estimate of drug-likeness (QED) is 0.411. The molecule has 1 saturated carbocycles. The van der Waals surface area contributed by atoms with Crippen LogP contribution in [0.3, 0.4) is 0 Å². The van der Waals surface area contributed by atoms with E-state index >= 15 is 0 Å². The molecule has 4 nitrogen and oxygen atoms in total. The topological polar surface area (TPSA) is 47.9 Å². The molecule has 5 heteroatoms. The van der Waals surface area contributed by atoms with Crippen molar-refractivity contribution in [1.82, 2.24) is 0 Å². The lowest BCUT2D eigenvalue weighted by molar-refractivity contribution is 0.103. The van der Waals surface area contributed by atoms with Gasteiger partial charge >= 0.3 is 0 Å². The summed E-state index contributed by atoms with van der Waals surface area (Å²) in [5, 5.41) is 0.553. The molecule has 1 aliphatic heterocycles. The van der Waals surface area contributed by atoms with Gasteiger partial charge in [0.05, 0.1) is 26.0 Å². The molecule has 3 aromatic carbocycles. The summed E-state index contributed by atoms with van der Waals surface area (Å²) in [7, 11) is 3.33. The number of rotatable bonds is 5. The number of carbonyl (C=O) groups excluding carboxylic acids is 1. The molecule has 1 heterocycles. The van der Waals surface area contributed by atoms with E-state index in [1.54, 1.807) is 38.5 Å². The number of aliphatic imine (C=N–C) groups is 1. The third kappa shape index (κ3) is 4.04. The smallest absolute Gasteiger partial charge is 0.193 e. The van der Waals surface area contributed by atoms with Crippen molar-refractivity contribution in [1.29, 1.82) is 0 Å². The third-order valence-electron chi connectivity index (χ3n) is 6.74. The molecule has 33 heavy (non-hydrogen) atoms. The highest BCUT2D eigenvalue weighted by molar-refractivity contribution is 6.31. The van der Waals surface area contributed by atoms with Crippen LogP contribution in [-0.2, 0) is 0 Å². The number of methoxy groups -OCH3 is 2. The zero-order valence-corrected chi connectivity index (χ0v) is 19.6. The van der Waals surface area contributed by atoms with Gasteiger partial charge in [0.25, 0.3) is 0 Å². The molecule has 5 rings (SSSR count). The Labute approximate surface area is 199 Å². The van der Waals surface area contributed by atoms with Crippen LogP contribution in [-0.4, -0.2) is 31.8 Å². The van der Waals surface area contributed by atoms with Crippen LogP contribution in [0.4, 0.5) is 0 Å². The number of hydrogen-bond acceptors (Lipinski definition) is 4. The number of hydrogen-bond donors (Lipinski definition) is 0. The molecule has 1 aliphatic carbocycles. The van der Waals surface area contributed by atoms with Crippen LogP contribution < -0.4 is 9.47 Å². The van der Waals surface area contributed by atoms with Crippen molar-refractivity contribution < 1.29 is 14.3 Å². The fourth-order valence-electron chi connectivity index (χ4n) is 5.08. The molecule has 0 radical (unpaired) electrons. The van der Waals surface area contributed by atoms with Crippen molar-refractivity contribution in [3.8, 4) is 11.5 Å². The molecule has 0 N–H and O–H groups in total. The number of ether oxygens (including phenoxy) is 2. The highest BCUT2D eigenvalue weighted by Crippen LogP contribution is 2.44. The Kier molecular flexibility index (Phi) is 5.94. The minimum absolute atomic E-state index is 0.0474. The van der Waals surface area contributed by atoms with E-state index in [0.29, 0.717) is 27.8 Å². The zero-order valence-electron chi connectivity index (χ0n) is 18.8. The zero-order chi connectivity index (χ0) is 22.9. The normalized spacial score (nSPS) is 19.2. The second-order valence-electron chi connectivity index (χ2n) is 8.65. The predicted octanol–water partition coefficient (Wildman–Crippen LogP) is 6.47. The minimum atomic E-state index is -0.0474. The summed E-state index contributed by atoms with van der Waals surface area (Å²) < 4.78 is 11.2. The van der Waals surface area contributed by atoms with Crippen molar-refractivity contribution in [2.24, 2.45) is 4.99 Å². The second kappa shape index (κ2) is 9.03. The van der Waals surface area contributed by atoms with E-state index in [1.165, 1.54) is 18.4 Å². The Morgan fingerprint density at radius 1 is 0.909 bits per heavy atom. The summed E-state index contributed by atoms with van der Waals surface area (Å²) in [6.45, 7) is 0. The lowest BCUT2D eigenvalue weighted by Crippen LogP contribution is -2.29. The number of ketones is 1. The van der Waals surface area contributed by atoms with Crippen LogP contribution >= 0.6 is 11.6 Å². The third-order valence-corrected chi connectivity index (χ3v) is 6.98. The average molecular weight is 460 g/mol. The first-order valence-electron chi connectivity index (χ1n) is 11.3. The van der Waals surface area contributed by atoms with Gasteiger partial charge in [-0.3, -0.25) is 9.79 Å². The Hall–Kier alpha value is -3.11. The molecule has 0 bridgehead atoms. The monoisotopic (exact) mass is 459 g/mol. The first kappa shape index (κ1) is 21.7. The minimum Gasteiger partial charge on any atom is -0.493 e. The van der Waals surface area contributed by atoms with Crippen molar-refractivity contribution >= 4 is 23.1 Å². The summed E-state index contributed by atoms with van der Waals surface area (Å²) in [4.78, 5) is 18.1. The summed E-state index contributed by atoms with van der Waals surface area (Å²) in [6.07, 6.45) is 4.65. The maximum Gasteiger partial charge on any atom is 0.193 e. The number of fused-ring (bicyclic) bond motifs is 3. The van der Waals surface area contributed by atoms with Gasteiger partial charge in [-0.15, -0.1) is 0 Å². The van der Waals surface area contributed by atoms with Crippen LogP contribution in [0, 0.1) is 0 Å². The Morgan fingerprint density at radius 3 is 2.36 bits per heavy atom. The first-order valence-corrected chi connectivity index (χ1v) is 11.7. The number of nitrogens with zero attached hydrogens (tertiary/aromatic N) is 1. The maximum absolute atomic E-state index is 12.9. The molecular weight excluding hydrogens is 434 g/mol. The summed E-state index contributed by atoms with van der Waals surface area (Å²) >= 11 is 6.07. The molecule has 2 atom stereocenters. The fraction of sp³-hybridized carbons (Fsp3) is 0.286. The van der Waals surface area contributed by atoms with Crippen LogP contribution in [0.25, 0.3) is 0 Å². The Morgan fingerprint density at radius 2 is 1.64 bits per heavy atom. The van der Waals surface area contributed by atoms with E-state index < -0.39 is 0 Å². The molecule has 168 valence electrons. The molecule has 0 saturated heterocycles. The second-order valence-corrected chi connectivity index (χ2v) is 9.08. The SMILES string of the molecule is COc1cc2c(cc1OC)C1CCCCC1N=C2c1ccc(C(=O)c2cccc(Cl)c2)cc1. The molecule has 0 spiro atoms. The van der Waals surface area contributed by atoms with Crippen LogP contribution in [0.5, 0.6) is 11.5 Å². The summed E-state index contributed by atoms with van der Waals surface area (Å²) in [5.74, 6) is 1.81. The molecule has 1 fully saturated rings. The van der Waals surface area contributed by atoms with E-state index in [4.69, 9.17) is 26.1 Å². The van der Waals surface area contributed by atoms with E-state index in [2.05, 4.69) is 6.07 Å². The molecule has 0 aromatic heterocycles. The van der Waals surface area contributed by atoms with Gasteiger partial charge in [0.15, 0.2) is 17.3 Å². The van der Waals surface area contributed by atoms with Gasteiger partial charge in [0, 0.05) is 33.2 Å². The van der Waals surface area contributed by atoms with Crippen molar-refractivity contribution in [3.63, 3.8) is 0 Å². The highest BCUT2D eigenvalue weighted by atomic mass is 35.5. The van der Waals surface area contributed by atoms with Gasteiger partial charge in [-0.25, -0.2) is 0 Å². The van der Waals surface area contributed by atoms with Crippen LogP contribution in [0.2, 0.25) is 5.02 Å². The van der Waals surface area contributed by atoms with E-state index in [9.17, 15) is 4.79 Å². The van der Waals surface area contributed by atoms with E-state index in [0.717, 1.165) is 35.4 Å². The Bertz CT molecular complexity index is 1230. The Balaban J connectivity index is 1.55. The maximum atomic E-state index is 12.9. The molecular formula is C28H26ClNO3. The van der Waals surface area contributed by atoms with Gasteiger partial charge in [0.2, 0.25) is 0 Å². The van der Waals surface area contributed by atoms with Gasteiger partial charge in [-0.1, -0.05) is 60.8 Å². The summed E-state index contributed by atoms with van der Waals surface area (Å²) in [5.41, 5.74) is 5.52. The molecule has 2 unspecified atom stereocenters. The summed E-state index contributed by atoms with van der Waals surface area (Å²) in [6, 6.07) is 19.2. The van der Waals surface area contributed by atoms with Crippen molar-refractivity contribution in [2.75, 3.05) is 14.2 Å². The first-order chi connectivity index (χ1) is 16.1. The molecule has 0 amide bonds. The largest absolute Gasteiger partial charge is 0.493 e. The highest BCUT2D eigenvalue weighted by Gasteiger charge is 2.34. The lowest BCUT2D eigenvalue weighted by atomic mass is 9.75. The molecule has 3 aromatic rings. The number of benzene rings is 3. The van der Waals surface area contributed by atoms with Crippen LogP contribution in [0.1, 0.15) is 64.2 Å². The number of carbonyl (C=O) groups is 1. The predicted molar refractivity (Wildman–Crippen MR) is 132 cm³/mol. The average Bonchev–Trinajstić information content (AvgIpc) is 2.87. The fourth-order valence-corrected chi connectivity index (χ4v) is 5.27. The van der Waals surface area contributed by atoms with Crippen LogP contribution in [0.15, 0.2) is 65.7 Å². The number of halogens is 1. The van der Waals surface area contributed by atoms with E-state index in [1.807, 2.05) is 30.3 Å². The van der Waals surface area contributed by atoms with Gasteiger partial charge < -0.3 is 9.47 Å². The van der Waals surface area contributed by atoms with E-state index in [-0.39, 0.29) is 11.8 Å². The van der Waals surface area contributed by atoms with Crippen molar-refractivity contribution in [3.05, 3.63) is 93.5 Å².